The van der Waals surface area contributed by atoms with Crippen LogP contribution in [0.1, 0.15) is 85.5 Å². The molecule has 0 fully saturated rings. The van der Waals surface area contributed by atoms with E-state index in [-0.39, 0.29) is 24.4 Å². The van der Waals surface area contributed by atoms with Crippen molar-refractivity contribution in [1.29, 1.82) is 0 Å². The lowest BCUT2D eigenvalue weighted by atomic mass is 9.83. The Balaban J connectivity index is 3.99. The third-order valence-corrected chi connectivity index (χ3v) is 4.33. The SMILES string of the molecule is CC(C)(CCC(=O)CCCC(=O)CCC(C)(C)CC(=O)O)CC(=O)O. The molecule has 0 radical (unpaired) electrons. The number of aliphatic carboxylic acids is 2. The first-order chi connectivity index (χ1) is 11.3. The molecule has 6 heteroatoms. The molecule has 0 aromatic rings. The zero-order chi connectivity index (χ0) is 19.7. The molecule has 0 spiro atoms. The first-order valence-electron chi connectivity index (χ1n) is 8.80. The average molecular weight is 356 g/mol. The molecule has 0 aliphatic carbocycles. The largest absolute Gasteiger partial charge is 0.481 e. The van der Waals surface area contributed by atoms with Crippen molar-refractivity contribution in [2.75, 3.05) is 0 Å². The van der Waals surface area contributed by atoms with Crippen LogP contribution in [0.3, 0.4) is 0 Å². The van der Waals surface area contributed by atoms with Crippen LogP contribution in [0.15, 0.2) is 0 Å². The van der Waals surface area contributed by atoms with Crippen LogP contribution in [0.4, 0.5) is 0 Å². The molecule has 6 nitrogen and oxygen atoms in total. The van der Waals surface area contributed by atoms with Gasteiger partial charge in [-0.2, -0.15) is 0 Å². The van der Waals surface area contributed by atoms with Gasteiger partial charge in [-0.25, -0.2) is 0 Å². The smallest absolute Gasteiger partial charge is 0.303 e. The van der Waals surface area contributed by atoms with Gasteiger partial charge in [-0.05, 0) is 30.1 Å². The first kappa shape index (κ1) is 23.3. The Morgan fingerprint density at radius 1 is 0.640 bits per heavy atom. The lowest BCUT2D eigenvalue weighted by Gasteiger charge is -2.22. The van der Waals surface area contributed by atoms with Crippen molar-refractivity contribution < 1.29 is 29.4 Å². The topological polar surface area (TPSA) is 109 Å². The molecular weight excluding hydrogens is 324 g/mol. The van der Waals surface area contributed by atoms with Crippen molar-refractivity contribution in [2.45, 2.75) is 85.5 Å². The van der Waals surface area contributed by atoms with E-state index < -0.39 is 22.8 Å². The minimum Gasteiger partial charge on any atom is -0.481 e. The van der Waals surface area contributed by atoms with Gasteiger partial charge in [-0.3, -0.25) is 19.2 Å². The van der Waals surface area contributed by atoms with Crippen molar-refractivity contribution in [3.05, 3.63) is 0 Å². The second kappa shape index (κ2) is 10.3. The van der Waals surface area contributed by atoms with Crippen LogP contribution < -0.4 is 0 Å². The molecule has 0 unspecified atom stereocenters. The van der Waals surface area contributed by atoms with Crippen LogP contribution in [-0.4, -0.2) is 33.7 Å². The molecule has 0 heterocycles. The number of carboxylic acid groups (broad SMARTS) is 2. The number of rotatable bonds is 14. The highest BCUT2D eigenvalue weighted by molar-refractivity contribution is 5.81. The number of carboxylic acids is 2. The third kappa shape index (κ3) is 13.3. The lowest BCUT2D eigenvalue weighted by Crippen LogP contribution is -2.18. The standard InChI is InChI=1S/C19H32O6/c1-18(2,12-16(22)23)10-8-14(20)6-5-7-15(21)9-11-19(3,4)13-17(24)25/h5-13H2,1-4H3,(H,22,23)(H,24,25). The van der Waals surface area contributed by atoms with Crippen LogP contribution in [0, 0.1) is 10.8 Å². The maximum atomic E-state index is 11.9. The summed E-state index contributed by atoms with van der Waals surface area (Å²) in [6.07, 6.45) is 2.93. The predicted molar refractivity (Wildman–Crippen MR) is 94.4 cm³/mol. The molecule has 0 aliphatic heterocycles. The fourth-order valence-corrected chi connectivity index (χ4v) is 2.68. The Morgan fingerprint density at radius 2 is 0.960 bits per heavy atom. The van der Waals surface area contributed by atoms with E-state index in [0.717, 1.165) is 0 Å². The third-order valence-electron chi connectivity index (χ3n) is 4.33. The Labute approximate surface area is 150 Å². The molecule has 144 valence electrons. The zero-order valence-electron chi connectivity index (χ0n) is 15.9. The lowest BCUT2D eigenvalue weighted by molar-refractivity contribution is -0.140. The van der Waals surface area contributed by atoms with Gasteiger partial charge in [0.25, 0.3) is 0 Å². The molecule has 0 aliphatic rings. The minimum atomic E-state index is -0.867. The summed E-state index contributed by atoms with van der Waals surface area (Å²) < 4.78 is 0. The van der Waals surface area contributed by atoms with Gasteiger partial charge < -0.3 is 10.2 Å². The van der Waals surface area contributed by atoms with Gasteiger partial charge in [0.15, 0.2) is 0 Å². The van der Waals surface area contributed by atoms with Gasteiger partial charge in [0.2, 0.25) is 0 Å². The normalized spacial score (nSPS) is 12.0. The average Bonchev–Trinajstić information content (AvgIpc) is 2.40. The second-order valence-electron chi connectivity index (χ2n) is 8.40. The fraction of sp³-hybridized carbons (Fsp3) is 0.789. The monoisotopic (exact) mass is 356 g/mol. The summed E-state index contributed by atoms with van der Waals surface area (Å²) in [5, 5.41) is 17.6. The van der Waals surface area contributed by atoms with Crippen LogP contribution in [0.2, 0.25) is 0 Å². The highest BCUT2D eigenvalue weighted by Gasteiger charge is 2.24. The summed E-state index contributed by atoms with van der Waals surface area (Å²) in [6.45, 7) is 7.32. The van der Waals surface area contributed by atoms with Crippen LogP contribution in [0.5, 0.6) is 0 Å². The predicted octanol–water partition coefficient (Wildman–Crippen LogP) is 3.86. The molecule has 25 heavy (non-hydrogen) atoms. The van der Waals surface area contributed by atoms with E-state index in [1.54, 1.807) is 0 Å². The van der Waals surface area contributed by atoms with Crippen molar-refractivity contribution in [3.63, 3.8) is 0 Å². The van der Waals surface area contributed by atoms with Gasteiger partial charge in [0, 0.05) is 25.7 Å². The summed E-state index contributed by atoms with van der Waals surface area (Å²) in [7, 11) is 0. The molecule has 0 rings (SSSR count). The van der Waals surface area contributed by atoms with Crippen LogP contribution >= 0.6 is 0 Å². The Hall–Kier alpha value is -1.72. The Kier molecular flexibility index (Phi) is 9.60. The maximum absolute atomic E-state index is 11.9. The van der Waals surface area contributed by atoms with Crippen molar-refractivity contribution in [3.8, 4) is 0 Å². The maximum Gasteiger partial charge on any atom is 0.303 e. The molecule has 0 saturated carbocycles. The second-order valence-corrected chi connectivity index (χ2v) is 8.40. The number of hydrogen-bond acceptors (Lipinski definition) is 4. The van der Waals surface area contributed by atoms with E-state index in [0.29, 0.717) is 44.9 Å². The molecule has 0 saturated heterocycles. The van der Waals surface area contributed by atoms with Crippen LogP contribution in [0.25, 0.3) is 0 Å². The number of ketones is 2. The van der Waals surface area contributed by atoms with Gasteiger partial charge in [-0.1, -0.05) is 27.7 Å². The number of Topliss-reactive ketones (excluding diaryl/α,β-unsaturated/α-hetero) is 2. The molecule has 0 bridgehead atoms. The van der Waals surface area contributed by atoms with E-state index in [1.807, 2.05) is 27.7 Å². The first-order valence-corrected chi connectivity index (χ1v) is 8.80. The van der Waals surface area contributed by atoms with Crippen molar-refractivity contribution >= 4 is 23.5 Å². The molecule has 0 aromatic heterocycles. The van der Waals surface area contributed by atoms with E-state index in [2.05, 4.69) is 0 Å². The van der Waals surface area contributed by atoms with Gasteiger partial charge in [0.1, 0.15) is 11.6 Å². The fourth-order valence-electron chi connectivity index (χ4n) is 2.68. The molecule has 0 aromatic carbocycles. The Bertz CT molecular complexity index is 446. The number of carbonyl (C=O) groups is 4. The van der Waals surface area contributed by atoms with E-state index in [9.17, 15) is 19.2 Å². The summed E-state index contributed by atoms with van der Waals surface area (Å²) in [5.74, 6) is -1.63. The highest BCUT2D eigenvalue weighted by Crippen LogP contribution is 2.28. The van der Waals surface area contributed by atoms with Gasteiger partial charge >= 0.3 is 11.9 Å². The summed E-state index contributed by atoms with van der Waals surface area (Å²) in [5.41, 5.74) is -0.819. The van der Waals surface area contributed by atoms with E-state index in [1.165, 1.54) is 0 Å². The van der Waals surface area contributed by atoms with E-state index >= 15 is 0 Å². The van der Waals surface area contributed by atoms with E-state index in [4.69, 9.17) is 10.2 Å². The molecule has 0 amide bonds. The van der Waals surface area contributed by atoms with Gasteiger partial charge in [-0.15, -0.1) is 0 Å². The van der Waals surface area contributed by atoms with Crippen molar-refractivity contribution in [2.24, 2.45) is 10.8 Å². The number of carbonyl (C=O) groups excluding carboxylic acids is 2. The van der Waals surface area contributed by atoms with Crippen LogP contribution in [-0.2, 0) is 19.2 Å². The zero-order valence-corrected chi connectivity index (χ0v) is 15.9. The summed E-state index contributed by atoms with van der Waals surface area (Å²) in [6, 6.07) is 0. The molecule has 0 atom stereocenters. The van der Waals surface area contributed by atoms with Gasteiger partial charge in [0.05, 0.1) is 12.8 Å². The summed E-state index contributed by atoms with van der Waals surface area (Å²) >= 11 is 0. The quantitative estimate of drug-likeness (QED) is 0.489. The minimum absolute atomic E-state index is 0.0326. The Morgan fingerprint density at radius 3 is 1.24 bits per heavy atom. The molecule has 2 N–H and O–H groups in total. The summed E-state index contributed by atoms with van der Waals surface area (Å²) in [4.78, 5) is 45.2. The highest BCUT2D eigenvalue weighted by atomic mass is 16.4. The van der Waals surface area contributed by atoms with Crippen molar-refractivity contribution in [1.82, 2.24) is 0 Å². The number of hydrogen-bond donors (Lipinski definition) is 2. The molecular formula is C19H32O6.